The predicted octanol–water partition coefficient (Wildman–Crippen LogP) is 1.08. The highest BCUT2D eigenvalue weighted by atomic mass is 16.5. The van der Waals surface area contributed by atoms with E-state index < -0.39 is 0 Å². The van der Waals surface area contributed by atoms with Crippen molar-refractivity contribution in [1.29, 1.82) is 0 Å². The second-order valence-corrected chi connectivity index (χ2v) is 4.40. The van der Waals surface area contributed by atoms with Crippen molar-refractivity contribution in [3.05, 3.63) is 22.6 Å². The molecule has 1 atom stereocenters. The molecule has 0 saturated carbocycles. The topological polar surface area (TPSA) is 69.1 Å². The van der Waals surface area contributed by atoms with Crippen LogP contribution in [0.15, 0.2) is 17.1 Å². The standard InChI is InChI=1S/C12H15N3O3/c1-17-12-10-9(4-5-13-12)15(14-11(10)16)8-3-2-6-18-7-8/h4-5,8H,2-3,6-7H2,1H3,(H,14,16). The smallest absolute Gasteiger partial charge is 0.277 e. The van der Waals surface area contributed by atoms with Crippen molar-refractivity contribution in [2.75, 3.05) is 20.3 Å². The molecule has 6 heteroatoms. The summed E-state index contributed by atoms with van der Waals surface area (Å²) in [4.78, 5) is 16.0. The molecule has 1 aliphatic heterocycles. The number of hydrogen-bond acceptors (Lipinski definition) is 4. The first-order valence-electron chi connectivity index (χ1n) is 6.02. The number of hydrogen-bond donors (Lipinski definition) is 1. The van der Waals surface area contributed by atoms with Crippen molar-refractivity contribution in [3.63, 3.8) is 0 Å². The molecule has 1 unspecified atom stereocenters. The number of ether oxygens (including phenoxy) is 2. The van der Waals surface area contributed by atoms with Crippen LogP contribution in [0.2, 0.25) is 0 Å². The van der Waals surface area contributed by atoms with E-state index in [-0.39, 0.29) is 11.6 Å². The molecule has 3 rings (SSSR count). The molecule has 0 spiro atoms. The molecule has 1 fully saturated rings. The van der Waals surface area contributed by atoms with Gasteiger partial charge < -0.3 is 9.47 Å². The summed E-state index contributed by atoms with van der Waals surface area (Å²) in [5.74, 6) is 0.365. The molecule has 1 N–H and O–H groups in total. The Hall–Kier alpha value is -1.82. The average molecular weight is 249 g/mol. The molecule has 2 aromatic heterocycles. The Kier molecular flexibility index (Phi) is 2.79. The van der Waals surface area contributed by atoms with Gasteiger partial charge >= 0.3 is 0 Å². The minimum atomic E-state index is -0.166. The zero-order valence-corrected chi connectivity index (χ0v) is 10.2. The molecule has 18 heavy (non-hydrogen) atoms. The van der Waals surface area contributed by atoms with E-state index in [9.17, 15) is 4.79 Å². The van der Waals surface area contributed by atoms with Crippen molar-refractivity contribution in [2.45, 2.75) is 18.9 Å². The summed E-state index contributed by atoms with van der Waals surface area (Å²) in [7, 11) is 1.52. The fourth-order valence-electron chi connectivity index (χ4n) is 2.44. The molecule has 0 bridgehead atoms. The predicted molar refractivity (Wildman–Crippen MR) is 66.0 cm³/mol. The first-order valence-corrected chi connectivity index (χ1v) is 6.02. The first kappa shape index (κ1) is 11.3. The van der Waals surface area contributed by atoms with E-state index in [1.165, 1.54) is 7.11 Å². The normalized spacial score (nSPS) is 20.2. The van der Waals surface area contributed by atoms with Gasteiger partial charge in [0.05, 0.1) is 25.3 Å². The Morgan fingerprint density at radius 2 is 2.50 bits per heavy atom. The summed E-state index contributed by atoms with van der Waals surface area (Å²) >= 11 is 0. The van der Waals surface area contributed by atoms with Crippen LogP contribution in [-0.4, -0.2) is 35.1 Å². The highest BCUT2D eigenvalue weighted by Crippen LogP contribution is 2.25. The van der Waals surface area contributed by atoms with Gasteiger partial charge in [0.2, 0.25) is 5.88 Å². The van der Waals surface area contributed by atoms with Crippen molar-refractivity contribution in [1.82, 2.24) is 14.8 Å². The fourth-order valence-corrected chi connectivity index (χ4v) is 2.44. The van der Waals surface area contributed by atoms with Gasteiger partial charge in [-0.15, -0.1) is 0 Å². The Bertz CT molecular complexity index is 611. The maximum Gasteiger partial charge on any atom is 0.277 e. The largest absolute Gasteiger partial charge is 0.480 e. The zero-order valence-electron chi connectivity index (χ0n) is 10.2. The number of nitrogens with zero attached hydrogens (tertiary/aromatic N) is 2. The molecule has 1 saturated heterocycles. The van der Waals surface area contributed by atoms with Crippen LogP contribution in [0.4, 0.5) is 0 Å². The van der Waals surface area contributed by atoms with Gasteiger partial charge in [-0.1, -0.05) is 0 Å². The number of methoxy groups -OCH3 is 1. The van der Waals surface area contributed by atoms with Gasteiger partial charge in [0.25, 0.3) is 5.56 Å². The van der Waals surface area contributed by atoms with Gasteiger partial charge in [0.15, 0.2) is 0 Å². The van der Waals surface area contributed by atoms with Crippen LogP contribution in [0.25, 0.3) is 10.9 Å². The van der Waals surface area contributed by atoms with Crippen LogP contribution < -0.4 is 10.3 Å². The van der Waals surface area contributed by atoms with E-state index in [0.717, 1.165) is 25.0 Å². The molecule has 6 nitrogen and oxygen atoms in total. The molecule has 0 aliphatic carbocycles. The molecule has 96 valence electrons. The Morgan fingerprint density at radius 1 is 1.61 bits per heavy atom. The van der Waals surface area contributed by atoms with Crippen molar-refractivity contribution in [3.8, 4) is 5.88 Å². The molecule has 0 amide bonds. The van der Waals surface area contributed by atoms with E-state index in [1.54, 1.807) is 6.20 Å². The van der Waals surface area contributed by atoms with Crippen LogP contribution in [0.1, 0.15) is 18.9 Å². The molecule has 3 heterocycles. The lowest BCUT2D eigenvalue weighted by Crippen LogP contribution is -2.23. The van der Waals surface area contributed by atoms with E-state index in [1.807, 2.05) is 10.7 Å². The number of pyridine rings is 1. The molecule has 0 aromatic carbocycles. The maximum atomic E-state index is 12.0. The maximum absolute atomic E-state index is 12.0. The van der Waals surface area contributed by atoms with Crippen LogP contribution in [0.3, 0.4) is 0 Å². The van der Waals surface area contributed by atoms with E-state index in [4.69, 9.17) is 9.47 Å². The average Bonchev–Trinajstić information content (AvgIpc) is 2.77. The second-order valence-electron chi connectivity index (χ2n) is 4.40. The van der Waals surface area contributed by atoms with Crippen molar-refractivity contribution >= 4 is 10.9 Å². The van der Waals surface area contributed by atoms with Crippen molar-refractivity contribution < 1.29 is 9.47 Å². The number of aromatic nitrogens is 3. The van der Waals surface area contributed by atoms with Gasteiger partial charge in [-0.25, -0.2) is 4.98 Å². The number of H-pyrrole nitrogens is 1. The van der Waals surface area contributed by atoms with Gasteiger partial charge in [0, 0.05) is 12.8 Å². The van der Waals surface area contributed by atoms with E-state index in [2.05, 4.69) is 10.1 Å². The van der Waals surface area contributed by atoms with Crippen LogP contribution in [0, 0.1) is 0 Å². The van der Waals surface area contributed by atoms with Crippen molar-refractivity contribution in [2.24, 2.45) is 0 Å². The van der Waals surface area contributed by atoms with Gasteiger partial charge in [-0.2, -0.15) is 0 Å². The lowest BCUT2D eigenvalue weighted by molar-refractivity contribution is 0.0563. The molecular formula is C12H15N3O3. The summed E-state index contributed by atoms with van der Waals surface area (Å²) < 4.78 is 12.5. The first-order chi connectivity index (χ1) is 8.81. The lowest BCUT2D eigenvalue weighted by Gasteiger charge is -2.23. The summed E-state index contributed by atoms with van der Waals surface area (Å²) in [6.07, 6.45) is 3.66. The molecule has 1 aliphatic rings. The highest BCUT2D eigenvalue weighted by molar-refractivity contribution is 5.83. The minimum absolute atomic E-state index is 0.166. The second kappa shape index (κ2) is 4.45. The highest BCUT2D eigenvalue weighted by Gasteiger charge is 2.21. The summed E-state index contributed by atoms with van der Waals surface area (Å²) in [5, 5.41) is 3.36. The Balaban J connectivity index is 2.16. The van der Waals surface area contributed by atoms with E-state index in [0.29, 0.717) is 17.9 Å². The third kappa shape index (κ3) is 1.69. The molecular weight excluding hydrogens is 234 g/mol. The van der Waals surface area contributed by atoms with E-state index >= 15 is 0 Å². The Labute approximate surface area is 104 Å². The molecule has 2 aromatic rings. The quantitative estimate of drug-likeness (QED) is 0.864. The van der Waals surface area contributed by atoms with Crippen LogP contribution >= 0.6 is 0 Å². The monoisotopic (exact) mass is 249 g/mol. The number of fused-ring (bicyclic) bond motifs is 1. The van der Waals surface area contributed by atoms with Crippen LogP contribution in [-0.2, 0) is 4.74 Å². The van der Waals surface area contributed by atoms with Gasteiger partial charge in [-0.3, -0.25) is 14.6 Å². The zero-order chi connectivity index (χ0) is 12.5. The SMILES string of the molecule is COc1nccc2c1c(=O)[nH]n2C1CCCOC1. The summed E-state index contributed by atoms with van der Waals surface area (Å²) in [5.41, 5.74) is 0.655. The molecule has 0 radical (unpaired) electrons. The Morgan fingerprint density at radius 3 is 3.22 bits per heavy atom. The third-order valence-electron chi connectivity index (χ3n) is 3.30. The number of nitrogens with one attached hydrogen (secondary N) is 1. The number of rotatable bonds is 2. The summed E-state index contributed by atoms with van der Waals surface area (Å²) in [6, 6.07) is 2.00. The van der Waals surface area contributed by atoms with Gasteiger partial charge in [-0.05, 0) is 18.9 Å². The lowest BCUT2D eigenvalue weighted by atomic mass is 10.1. The third-order valence-corrected chi connectivity index (χ3v) is 3.30. The minimum Gasteiger partial charge on any atom is -0.480 e. The fraction of sp³-hybridized carbons (Fsp3) is 0.500. The van der Waals surface area contributed by atoms with Crippen LogP contribution in [0.5, 0.6) is 5.88 Å². The van der Waals surface area contributed by atoms with Gasteiger partial charge in [0.1, 0.15) is 5.39 Å². The summed E-state index contributed by atoms with van der Waals surface area (Å²) in [6.45, 7) is 1.43. The number of aromatic amines is 1.